The highest BCUT2D eigenvalue weighted by Crippen LogP contribution is 2.37. The van der Waals surface area contributed by atoms with Crippen LogP contribution in [0, 0.1) is 0 Å². The first-order chi connectivity index (χ1) is 9.31. The number of benzene rings is 2. The van der Waals surface area contributed by atoms with Gasteiger partial charge in [-0.25, -0.2) is 0 Å². The summed E-state index contributed by atoms with van der Waals surface area (Å²) in [4.78, 5) is 2.40. The summed E-state index contributed by atoms with van der Waals surface area (Å²) < 4.78 is 0. The smallest absolute Gasteiger partial charge is 0.0459 e. The summed E-state index contributed by atoms with van der Waals surface area (Å²) in [6.07, 6.45) is 2.08. The van der Waals surface area contributed by atoms with E-state index in [1.54, 1.807) is 0 Å². The average Bonchev–Trinajstić information content (AvgIpc) is 2.90. The van der Waals surface area contributed by atoms with Gasteiger partial charge in [-0.3, -0.25) is 0 Å². The van der Waals surface area contributed by atoms with Crippen molar-refractivity contribution in [2.24, 2.45) is 5.73 Å². The summed E-state index contributed by atoms with van der Waals surface area (Å²) in [6, 6.07) is 17.3. The van der Waals surface area contributed by atoms with Crippen LogP contribution in [0.2, 0.25) is 0 Å². The Hall–Kier alpha value is -1.80. The normalized spacial score (nSPS) is 15.4. The van der Waals surface area contributed by atoms with Gasteiger partial charge < -0.3 is 10.6 Å². The molecule has 0 amide bonds. The van der Waals surface area contributed by atoms with E-state index >= 15 is 0 Å². The van der Waals surface area contributed by atoms with Crippen LogP contribution in [0.1, 0.15) is 30.5 Å². The lowest BCUT2D eigenvalue weighted by molar-refractivity contribution is 0.697. The minimum atomic E-state index is 0.115. The largest absolute Gasteiger partial charge is 0.341 e. The molecule has 3 rings (SSSR count). The molecule has 2 nitrogen and oxygen atoms in total. The number of nitrogens with two attached hydrogens (primary N) is 1. The molecule has 1 aliphatic rings. The average molecular weight is 252 g/mol. The third-order valence-electron chi connectivity index (χ3n) is 3.95. The highest BCUT2D eigenvalue weighted by molar-refractivity contribution is 5.72. The standard InChI is InChI=1S/C17H20N2/c1-2-15(18)14-8-4-6-10-17(14)19-12-11-13-7-3-5-9-16(13)19/h3-10,15H,2,11-12,18H2,1H3/t15-/m0/s1. The highest BCUT2D eigenvalue weighted by atomic mass is 15.2. The second-order valence-corrected chi connectivity index (χ2v) is 5.10. The molecule has 0 saturated heterocycles. The van der Waals surface area contributed by atoms with Crippen LogP contribution < -0.4 is 10.6 Å². The molecule has 1 aliphatic heterocycles. The van der Waals surface area contributed by atoms with Gasteiger partial charge in [-0.15, -0.1) is 0 Å². The molecule has 0 spiro atoms. The zero-order chi connectivity index (χ0) is 13.2. The molecule has 0 unspecified atom stereocenters. The lowest BCUT2D eigenvalue weighted by Gasteiger charge is -2.25. The second-order valence-electron chi connectivity index (χ2n) is 5.10. The van der Waals surface area contributed by atoms with Crippen LogP contribution in [0.4, 0.5) is 11.4 Å². The first-order valence-corrected chi connectivity index (χ1v) is 7.01. The molecule has 2 heteroatoms. The number of nitrogens with zero attached hydrogens (tertiary/aromatic N) is 1. The van der Waals surface area contributed by atoms with Gasteiger partial charge in [-0.2, -0.15) is 0 Å². The quantitative estimate of drug-likeness (QED) is 0.900. The van der Waals surface area contributed by atoms with E-state index in [0.29, 0.717) is 0 Å². The summed E-state index contributed by atoms with van der Waals surface area (Å²) in [5.74, 6) is 0. The van der Waals surface area contributed by atoms with Crippen molar-refractivity contribution in [2.45, 2.75) is 25.8 Å². The fraction of sp³-hybridized carbons (Fsp3) is 0.294. The van der Waals surface area contributed by atoms with Gasteiger partial charge in [0.25, 0.3) is 0 Å². The predicted molar refractivity (Wildman–Crippen MR) is 80.8 cm³/mol. The van der Waals surface area contributed by atoms with Gasteiger partial charge >= 0.3 is 0 Å². The van der Waals surface area contributed by atoms with Gasteiger partial charge in [0.15, 0.2) is 0 Å². The van der Waals surface area contributed by atoms with E-state index in [-0.39, 0.29) is 6.04 Å². The van der Waals surface area contributed by atoms with Crippen molar-refractivity contribution in [1.29, 1.82) is 0 Å². The Kier molecular flexibility index (Phi) is 3.26. The number of hydrogen-bond acceptors (Lipinski definition) is 2. The van der Waals surface area contributed by atoms with Crippen molar-refractivity contribution in [3.63, 3.8) is 0 Å². The van der Waals surface area contributed by atoms with E-state index in [4.69, 9.17) is 5.73 Å². The maximum Gasteiger partial charge on any atom is 0.0459 e. The van der Waals surface area contributed by atoms with Gasteiger partial charge in [-0.05, 0) is 36.1 Å². The van der Waals surface area contributed by atoms with Crippen molar-refractivity contribution < 1.29 is 0 Å². The Morgan fingerprint density at radius 2 is 1.74 bits per heavy atom. The summed E-state index contributed by atoms with van der Waals surface area (Å²) >= 11 is 0. The fourth-order valence-corrected chi connectivity index (χ4v) is 2.86. The van der Waals surface area contributed by atoms with Crippen LogP contribution in [-0.4, -0.2) is 6.54 Å². The molecule has 2 N–H and O–H groups in total. The maximum atomic E-state index is 6.26. The number of fused-ring (bicyclic) bond motifs is 1. The summed E-state index contributed by atoms with van der Waals surface area (Å²) in [7, 11) is 0. The second kappa shape index (κ2) is 5.06. The first-order valence-electron chi connectivity index (χ1n) is 7.01. The molecule has 0 aromatic heterocycles. The molecule has 98 valence electrons. The van der Waals surface area contributed by atoms with Crippen LogP contribution in [0.15, 0.2) is 48.5 Å². The number of anilines is 2. The molecule has 19 heavy (non-hydrogen) atoms. The third kappa shape index (κ3) is 2.13. The minimum Gasteiger partial charge on any atom is -0.341 e. The fourth-order valence-electron chi connectivity index (χ4n) is 2.86. The summed E-state index contributed by atoms with van der Waals surface area (Å²) in [5.41, 5.74) is 11.5. The van der Waals surface area contributed by atoms with E-state index in [2.05, 4.69) is 60.4 Å². The number of rotatable bonds is 3. The molecular weight excluding hydrogens is 232 g/mol. The van der Waals surface area contributed by atoms with Crippen molar-refractivity contribution in [3.05, 3.63) is 59.7 Å². The van der Waals surface area contributed by atoms with Crippen molar-refractivity contribution in [2.75, 3.05) is 11.4 Å². The molecule has 2 aromatic carbocycles. The molecule has 0 radical (unpaired) electrons. The van der Waals surface area contributed by atoms with Crippen molar-refractivity contribution >= 4 is 11.4 Å². The molecule has 0 saturated carbocycles. The number of hydrogen-bond donors (Lipinski definition) is 1. The molecule has 0 bridgehead atoms. The van der Waals surface area contributed by atoms with Gasteiger partial charge in [-0.1, -0.05) is 43.3 Å². The van der Waals surface area contributed by atoms with Crippen LogP contribution in [-0.2, 0) is 6.42 Å². The van der Waals surface area contributed by atoms with Gasteiger partial charge in [0.05, 0.1) is 0 Å². The Morgan fingerprint density at radius 3 is 2.53 bits per heavy atom. The highest BCUT2D eigenvalue weighted by Gasteiger charge is 2.22. The molecule has 1 atom stereocenters. The van der Waals surface area contributed by atoms with Crippen LogP contribution in [0.25, 0.3) is 0 Å². The lowest BCUT2D eigenvalue weighted by Crippen LogP contribution is -2.18. The zero-order valence-corrected chi connectivity index (χ0v) is 11.3. The maximum absolute atomic E-state index is 6.26. The van der Waals surface area contributed by atoms with Crippen molar-refractivity contribution in [3.8, 4) is 0 Å². The molecule has 0 aliphatic carbocycles. The van der Waals surface area contributed by atoms with E-state index < -0.39 is 0 Å². The predicted octanol–water partition coefficient (Wildman–Crippen LogP) is 3.79. The van der Waals surface area contributed by atoms with E-state index in [9.17, 15) is 0 Å². The molecular formula is C17H20N2. The Bertz CT molecular complexity index is 577. The molecule has 2 aromatic rings. The Morgan fingerprint density at radius 1 is 1.05 bits per heavy atom. The molecule has 1 heterocycles. The minimum absolute atomic E-state index is 0.115. The van der Waals surface area contributed by atoms with Crippen LogP contribution >= 0.6 is 0 Å². The SMILES string of the molecule is CC[C@H](N)c1ccccc1N1CCc2ccccc21. The first kappa shape index (κ1) is 12.2. The number of para-hydroxylation sites is 2. The van der Waals surface area contributed by atoms with E-state index in [0.717, 1.165) is 19.4 Å². The monoisotopic (exact) mass is 252 g/mol. The van der Waals surface area contributed by atoms with Gasteiger partial charge in [0, 0.05) is 24.0 Å². The van der Waals surface area contributed by atoms with E-state index in [1.165, 1.54) is 22.5 Å². The Balaban J connectivity index is 2.05. The van der Waals surface area contributed by atoms with Crippen LogP contribution in [0.3, 0.4) is 0 Å². The van der Waals surface area contributed by atoms with Crippen LogP contribution in [0.5, 0.6) is 0 Å². The molecule has 0 fully saturated rings. The third-order valence-corrected chi connectivity index (χ3v) is 3.95. The van der Waals surface area contributed by atoms with E-state index in [1.807, 2.05) is 0 Å². The Labute approximate surface area is 114 Å². The lowest BCUT2D eigenvalue weighted by atomic mass is 10.0. The topological polar surface area (TPSA) is 29.3 Å². The van der Waals surface area contributed by atoms with Gasteiger partial charge in [0.1, 0.15) is 0 Å². The summed E-state index contributed by atoms with van der Waals surface area (Å²) in [6.45, 7) is 3.19. The zero-order valence-electron chi connectivity index (χ0n) is 11.3. The van der Waals surface area contributed by atoms with Crippen molar-refractivity contribution in [1.82, 2.24) is 0 Å². The van der Waals surface area contributed by atoms with Gasteiger partial charge in [0.2, 0.25) is 0 Å². The summed E-state index contributed by atoms with van der Waals surface area (Å²) in [5, 5.41) is 0.